The van der Waals surface area contributed by atoms with E-state index < -0.39 is 16.1 Å². The van der Waals surface area contributed by atoms with Gasteiger partial charge < -0.3 is 0 Å². The van der Waals surface area contributed by atoms with Crippen LogP contribution < -0.4 is 20.7 Å². The Kier molecular flexibility index (Phi) is 7.41. The van der Waals surface area contributed by atoms with Crippen molar-refractivity contribution >= 4 is 36.9 Å². The lowest BCUT2D eigenvalue weighted by atomic mass is 9.97. The Morgan fingerprint density at radius 3 is 1.06 bits per heavy atom. The lowest BCUT2D eigenvalue weighted by Crippen LogP contribution is -2.50. The molecule has 0 saturated carbocycles. The second kappa shape index (κ2) is 12.3. The molecule has 0 bridgehead atoms. The van der Waals surface area contributed by atoms with E-state index in [9.17, 15) is 0 Å². The van der Waals surface area contributed by atoms with Gasteiger partial charge in [-0.1, -0.05) is 178 Å². The standard InChI is InChI=1S/C49H39N3Si2/c1-53(2)43-28-26-35(30-41(43)39-24-14-22-37(45(39)53)32-16-8-5-9-17-32)48-50-47(34-20-12-7-13-21-34)51-49(52-48)36-27-29-44-42(31-36)40-25-15-23-38(46(40)54(44,3)4)33-18-10-6-11-19-33/h5-31H,1-4H3. The maximum Gasteiger partial charge on any atom is 0.164 e. The zero-order valence-electron chi connectivity index (χ0n) is 30.9. The Bertz CT molecular complexity index is 2590. The highest BCUT2D eigenvalue weighted by Crippen LogP contribution is 2.38. The van der Waals surface area contributed by atoms with E-state index in [1.165, 1.54) is 65.3 Å². The summed E-state index contributed by atoms with van der Waals surface area (Å²) < 4.78 is 0. The third kappa shape index (κ3) is 5.03. The molecule has 0 N–H and O–H groups in total. The van der Waals surface area contributed by atoms with Gasteiger partial charge in [0.25, 0.3) is 0 Å². The molecule has 8 aromatic rings. The summed E-state index contributed by atoms with van der Waals surface area (Å²) in [7, 11) is -3.97. The first-order valence-electron chi connectivity index (χ1n) is 18.8. The molecule has 0 atom stereocenters. The smallest absolute Gasteiger partial charge is 0.164 e. The number of hydrogen-bond donors (Lipinski definition) is 0. The van der Waals surface area contributed by atoms with Gasteiger partial charge in [-0.25, -0.2) is 15.0 Å². The van der Waals surface area contributed by atoms with Crippen LogP contribution in [-0.4, -0.2) is 31.1 Å². The van der Waals surface area contributed by atoms with Gasteiger partial charge in [-0.3, -0.25) is 0 Å². The minimum atomic E-state index is -1.99. The molecule has 0 amide bonds. The van der Waals surface area contributed by atoms with Gasteiger partial charge in [0.2, 0.25) is 0 Å². The molecule has 2 aliphatic rings. The molecule has 1 aromatic heterocycles. The maximum atomic E-state index is 5.27. The minimum Gasteiger partial charge on any atom is -0.208 e. The minimum absolute atomic E-state index is 0.680. The van der Waals surface area contributed by atoms with E-state index in [1.807, 2.05) is 18.2 Å². The molecule has 0 saturated heterocycles. The molecule has 3 nitrogen and oxygen atoms in total. The van der Waals surface area contributed by atoms with Crippen LogP contribution in [0.2, 0.25) is 26.2 Å². The second-order valence-corrected chi connectivity index (χ2v) is 24.2. The van der Waals surface area contributed by atoms with E-state index in [0.717, 1.165) is 16.7 Å². The van der Waals surface area contributed by atoms with Gasteiger partial charge in [0.1, 0.15) is 16.1 Å². The molecule has 5 heteroatoms. The summed E-state index contributed by atoms with van der Waals surface area (Å²) in [5, 5.41) is 5.93. The van der Waals surface area contributed by atoms with E-state index in [0.29, 0.717) is 17.5 Å². The zero-order chi connectivity index (χ0) is 36.6. The fourth-order valence-electron chi connectivity index (χ4n) is 9.14. The van der Waals surface area contributed by atoms with E-state index >= 15 is 0 Å². The highest BCUT2D eigenvalue weighted by atomic mass is 28.3. The van der Waals surface area contributed by atoms with Crippen molar-refractivity contribution in [2.45, 2.75) is 26.2 Å². The van der Waals surface area contributed by atoms with Gasteiger partial charge in [0, 0.05) is 16.7 Å². The largest absolute Gasteiger partial charge is 0.208 e. The lowest BCUT2D eigenvalue weighted by Gasteiger charge is -2.22. The van der Waals surface area contributed by atoms with Crippen LogP contribution in [0.5, 0.6) is 0 Å². The van der Waals surface area contributed by atoms with Crippen LogP contribution in [0.3, 0.4) is 0 Å². The molecular formula is C49H39N3Si2. The van der Waals surface area contributed by atoms with Crippen molar-refractivity contribution in [2.75, 3.05) is 0 Å². The molecule has 7 aromatic carbocycles. The maximum absolute atomic E-state index is 5.27. The SMILES string of the molecule is C[Si]1(C)c2ccc(-c3nc(-c4ccccc4)nc(-c4ccc5c(c4)-c4cccc(-c6ccccc6)c4[Si]5(C)C)n3)cc2-c2cccc(-c3ccccc3)c21. The average molecular weight is 726 g/mol. The molecule has 0 fully saturated rings. The third-order valence-electron chi connectivity index (χ3n) is 11.7. The van der Waals surface area contributed by atoms with Gasteiger partial charge in [-0.15, -0.1) is 0 Å². The first-order valence-corrected chi connectivity index (χ1v) is 24.8. The van der Waals surface area contributed by atoms with Gasteiger partial charge >= 0.3 is 0 Å². The van der Waals surface area contributed by atoms with Gasteiger partial charge in [-0.05, 0) is 77.4 Å². The van der Waals surface area contributed by atoms with E-state index in [4.69, 9.17) is 15.0 Å². The second-order valence-electron chi connectivity index (χ2n) is 15.6. The van der Waals surface area contributed by atoms with Crippen LogP contribution in [0.25, 0.3) is 78.7 Å². The van der Waals surface area contributed by atoms with Crippen molar-refractivity contribution in [3.05, 3.63) is 164 Å². The molecule has 3 heterocycles. The predicted molar refractivity (Wildman–Crippen MR) is 231 cm³/mol. The molecule has 0 aliphatic carbocycles. The zero-order valence-corrected chi connectivity index (χ0v) is 32.9. The van der Waals surface area contributed by atoms with Gasteiger partial charge in [0.05, 0.1) is 0 Å². The van der Waals surface area contributed by atoms with Crippen LogP contribution in [0.1, 0.15) is 0 Å². The summed E-state index contributed by atoms with van der Waals surface area (Å²) in [6.45, 7) is 9.93. The normalized spacial score (nSPS) is 14.2. The molecule has 0 unspecified atom stereocenters. The number of rotatable bonds is 5. The summed E-state index contributed by atoms with van der Waals surface area (Å²) in [5.74, 6) is 2.06. The van der Waals surface area contributed by atoms with E-state index in [2.05, 4.69) is 172 Å². The Balaban J connectivity index is 1.13. The molecule has 258 valence electrons. The summed E-state index contributed by atoms with van der Waals surface area (Å²) in [6, 6.07) is 59.4. The van der Waals surface area contributed by atoms with Crippen molar-refractivity contribution in [1.82, 2.24) is 15.0 Å². The molecular weight excluding hydrogens is 687 g/mol. The number of fused-ring (bicyclic) bond motifs is 6. The van der Waals surface area contributed by atoms with E-state index in [-0.39, 0.29) is 0 Å². The first-order chi connectivity index (χ1) is 26.3. The highest BCUT2D eigenvalue weighted by Gasteiger charge is 2.41. The van der Waals surface area contributed by atoms with Crippen molar-refractivity contribution < 1.29 is 0 Å². The third-order valence-corrected chi connectivity index (χ3v) is 18.8. The van der Waals surface area contributed by atoms with Crippen molar-refractivity contribution in [3.63, 3.8) is 0 Å². The number of nitrogens with zero attached hydrogens (tertiary/aromatic N) is 3. The van der Waals surface area contributed by atoms with Gasteiger partial charge in [0.15, 0.2) is 17.5 Å². The molecule has 10 rings (SSSR count). The Morgan fingerprint density at radius 1 is 0.296 bits per heavy atom. The van der Waals surface area contributed by atoms with Crippen LogP contribution >= 0.6 is 0 Å². The Labute approximate surface area is 319 Å². The average Bonchev–Trinajstić information content (AvgIpc) is 3.60. The fourth-order valence-corrected chi connectivity index (χ4v) is 16.0. The predicted octanol–water partition coefficient (Wildman–Crippen LogP) is 9.81. The molecule has 0 spiro atoms. The van der Waals surface area contributed by atoms with Crippen LogP contribution in [0, 0.1) is 0 Å². The van der Waals surface area contributed by atoms with Crippen LogP contribution in [-0.2, 0) is 0 Å². The fraction of sp³-hybridized carbons (Fsp3) is 0.0816. The summed E-state index contributed by atoms with van der Waals surface area (Å²) in [4.78, 5) is 15.6. The van der Waals surface area contributed by atoms with E-state index in [1.54, 1.807) is 0 Å². The molecule has 0 radical (unpaired) electrons. The number of aromatic nitrogens is 3. The monoisotopic (exact) mass is 725 g/mol. The summed E-state index contributed by atoms with van der Waals surface area (Å²) >= 11 is 0. The molecule has 54 heavy (non-hydrogen) atoms. The summed E-state index contributed by atoms with van der Waals surface area (Å²) in [6.07, 6.45) is 0. The first kappa shape index (κ1) is 32.6. The quantitative estimate of drug-likeness (QED) is 0.166. The van der Waals surface area contributed by atoms with Crippen molar-refractivity contribution in [3.8, 4) is 78.7 Å². The Hall–Kier alpha value is -6.02. The highest BCUT2D eigenvalue weighted by molar-refractivity contribution is 7.05. The van der Waals surface area contributed by atoms with Crippen molar-refractivity contribution in [2.24, 2.45) is 0 Å². The Morgan fingerprint density at radius 2 is 0.648 bits per heavy atom. The summed E-state index contributed by atoms with van der Waals surface area (Å²) in [5.41, 5.74) is 13.5. The van der Waals surface area contributed by atoms with Gasteiger partial charge in [-0.2, -0.15) is 0 Å². The topological polar surface area (TPSA) is 38.7 Å². The number of hydrogen-bond acceptors (Lipinski definition) is 3. The molecule has 2 aliphatic heterocycles. The number of benzene rings is 7. The van der Waals surface area contributed by atoms with Crippen LogP contribution in [0.4, 0.5) is 0 Å². The lowest BCUT2D eigenvalue weighted by molar-refractivity contribution is 1.07. The van der Waals surface area contributed by atoms with Crippen molar-refractivity contribution in [1.29, 1.82) is 0 Å². The van der Waals surface area contributed by atoms with Crippen LogP contribution in [0.15, 0.2) is 164 Å².